The summed E-state index contributed by atoms with van der Waals surface area (Å²) in [5.74, 6) is 0.845. The van der Waals surface area contributed by atoms with Crippen LogP contribution in [0.25, 0.3) is 28.2 Å². The van der Waals surface area contributed by atoms with E-state index in [-0.39, 0.29) is 11.1 Å². The molecule has 0 unspecified atom stereocenters. The number of imide groups is 1. The van der Waals surface area contributed by atoms with Crippen LogP contribution in [0, 0.1) is 5.92 Å². The number of nitrogens with one attached hydrogen (secondary N) is 2. The van der Waals surface area contributed by atoms with Crippen LogP contribution < -0.4 is 15.5 Å². The fourth-order valence-corrected chi connectivity index (χ4v) is 6.15. The summed E-state index contributed by atoms with van der Waals surface area (Å²) in [7, 11) is 0. The van der Waals surface area contributed by atoms with Crippen LogP contribution in [0.15, 0.2) is 64.3 Å². The Morgan fingerprint density at radius 3 is 2.76 bits per heavy atom. The highest BCUT2D eigenvalue weighted by atomic mass is 32.2. The first-order valence-corrected chi connectivity index (χ1v) is 14.3. The van der Waals surface area contributed by atoms with E-state index in [0.29, 0.717) is 22.5 Å². The number of piperidine rings is 1. The van der Waals surface area contributed by atoms with Crippen LogP contribution in [0.4, 0.5) is 10.7 Å². The van der Waals surface area contributed by atoms with Gasteiger partial charge in [-0.1, -0.05) is 18.2 Å². The molecular weight excluding hydrogens is 516 g/mol. The average molecular weight is 543 g/mol. The predicted octanol–water partition coefficient (Wildman–Crippen LogP) is 5.08. The molecule has 3 aromatic heterocycles. The number of fused-ring (bicyclic) bond motifs is 1. The zero-order chi connectivity index (χ0) is 25.9. The van der Waals surface area contributed by atoms with Crippen molar-refractivity contribution in [3.05, 3.63) is 75.6 Å². The lowest BCUT2D eigenvalue weighted by Gasteiger charge is -2.32. The van der Waals surface area contributed by atoms with E-state index in [4.69, 9.17) is 4.98 Å². The lowest BCUT2D eigenvalue weighted by molar-refractivity contribution is -0.115. The zero-order valence-corrected chi connectivity index (χ0v) is 22.2. The number of hydrogen-bond donors (Lipinski definition) is 2. The van der Waals surface area contributed by atoms with Crippen LogP contribution in [0.2, 0.25) is 0 Å². The average Bonchev–Trinajstić information content (AvgIpc) is 3.58. The summed E-state index contributed by atoms with van der Waals surface area (Å²) >= 11 is 2.59. The highest BCUT2D eigenvalue weighted by molar-refractivity contribution is 8.18. The molecule has 2 aliphatic rings. The number of nitrogens with zero attached hydrogens (tertiary/aromatic N) is 4. The quantitative estimate of drug-likeness (QED) is 0.312. The Labute approximate surface area is 228 Å². The van der Waals surface area contributed by atoms with E-state index >= 15 is 0 Å². The Hall–Kier alpha value is -3.60. The Bertz CT molecular complexity index is 1510. The second kappa shape index (κ2) is 11.0. The molecule has 38 heavy (non-hydrogen) atoms. The largest absolute Gasteiger partial charge is 0.341 e. The van der Waals surface area contributed by atoms with E-state index in [1.54, 1.807) is 29.7 Å². The molecule has 192 valence electrons. The summed E-state index contributed by atoms with van der Waals surface area (Å²) in [6, 6.07) is 14.4. The highest BCUT2D eigenvalue weighted by Gasteiger charge is 2.26. The molecule has 1 aromatic carbocycles. The SMILES string of the molecule is O=C1NC(=O)/C(=C/c2ccnc(N3CCC(CNCc4cc5ccccc5nc4-c4ccsc4)CC3)n2)S1. The number of rotatable bonds is 7. The molecule has 0 radical (unpaired) electrons. The van der Waals surface area contributed by atoms with Crippen molar-refractivity contribution in [2.45, 2.75) is 19.4 Å². The minimum Gasteiger partial charge on any atom is -0.341 e. The molecule has 2 aliphatic heterocycles. The normalized spacial score (nSPS) is 17.5. The first-order valence-electron chi connectivity index (χ1n) is 12.6. The fraction of sp³-hybridized carbons (Fsp3) is 0.250. The summed E-state index contributed by atoms with van der Waals surface area (Å²) in [6.07, 6.45) is 5.42. The minimum absolute atomic E-state index is 0.355. The maximum Gasteiger partial charge on any atom is 0.290 e. The molecule has 2 amide bonds. The molecule has 10 heteroatoms. The maximum atomic E-state index is 11.8. The zero-order valence-electron chi connectivity index (χ0n) is 20.6. The smallest absolute Gasteiger partial charge is 0.290 e. The number of amides is 2. The van der Waals surface area contributed by atoms with Crippen molar-refractivity contribution < 1.29 is 9.59 Å². The van der Waals surface area contributed by atoms with Gasteiger partial charge in [-0.3, -0.25) is 14.9 Å². The minimum atomic E-state index is -0.379. The number of pyridine rings is 1. The van der Waals surface area contributed by atoms with Crippen molar-refractivity contribution in [1.82, 2.24) is 25.6 Å². The third-order valence-electron chi connectivity index (χ3n) is 6.83. The summed E-state index contributed by atoms with van der Waals surface area (Å²) in [6.45, 7) is 3.46. The predicted molar refractivity (Wildman–Crippen MR) is 153 cm³/mol. The van der Waals surface area contributed by atoms with Gasteiger partial charge >= 0.3 is 0 Å². The number of hydrogen-bond acceptors (Lipinski definition) is 9. The number of benzene rings is 1. The monoisotopic (exact) mass is 542 g/mol. The highest BCUT2D eigenvalue weighted by Crippen LogP contribution is 2.28. The van der Waals surface area contributed by atoms with E-state index in [2.05, 4.69) is 66.6 Å². The number of anilines is 1. The molecule has 4 aromatic rings. The van der Waals surface area contributed by atoms with Crippen molar-refractivity contribution >= 4 is 57.2 Å². The second-order valence-electron chi connectivity index (χ2n) is 9.40. The van der Waals surface area contributed by atoms with Gasteiger partial charge in [-0.05, 0) is 78.4 Å². The summed E-state index contributed by atoms with van der Waals surface area (Å²) in [5.41, 5.74) is 5.08. The van der Waals surface area contributed by atoms with Crippen LogP contribution >= 0.6 is 23.1 Å². The topological polar surface area (TPSA) is 100 Å². The van der Waals surface area contributed by atoms with Crippen molar-refractivity contribution in [3.8, 4) is 11.3 Å². The van der Waals surface area contributed by atoms with Crippen molar-refractivity contribution in [3.63, 3.8) is 0 Å². The lowest BCUT2D eigenvalue weighted by Crippen LogP contribution is -2.38. The molecule has 0 aliphatic carbocycles. The molecule has 5 heterocycles. The van der Waals surface area contributed by atoms with Gasteiger partial charge in [-0.2, -0.15) is 11.3 Å². The van der Waals surface area contributed by atoms with Crippen LogP contribution in [0.1, 0.15) is 24.1 Å². The number of thioether (sulfide) groups is 1. The van der Waals surface area contributed by atoms with Gasteiger partial charge in [0.1, 0.15) is 0 Å². The number of carbonyl (C=O) groups is 2. The van der Waals surface area contributed by atoms with Gasteiger partial charge in [-0.15, -0.1) is 0 Å². The van der Waals surface area contributed by atoms with Gasteiger partial charge in [0.2, 0.25) is 5.95 Å². The molecule has 0 bridgehead atoms. The van der Waals surface area contributed by atoms with Crippen LogP contribution in [0.5, 0.6) is 0 Å². The molecule has 6 rings (SSSR count). The fourth-order valence-electron chi connectivity index (χ4n) is 4.84. The third kappa shape index (κ3) is 5.47. The molecular formula is C28H26N6O2S2. The molecule has 2 N–H and O–H groups in total. The Morgan fingerprint density at radius 1 is 1.11 bits per heavy atom. The van der Waals surface area contributed by atoms with E-state index in [0.717, 1.165) is 67.4 Å². The number of carbonyl (C=O) groups excluding carboxylic acids is 2. The summed E-state index contributed by atoms with van der Waals surface area (Å²) in [5, 5.41) is 11.0. The number of thiophene rings is 1. The van der Waals surface area contributed by atoms with Crippen LogP contribution in [0.3, 0.4) is 0 Å². The molecule has 0 saturated carbocycles. The second-order valence-corrected chi connectivity index (χ2v) is 11.2. The molecule has 0 spiro atoms. The first kappa shape index (κ1) is 24.7. The van der Waals surface area contributed by atoms with Gasteiger partial charge in [0.15, 0.2) is 0 Å². The van der Waals surface area contributed by atoms with Gasteiger partial charge in [0, 0.05) is 42.2 Å². The Morgan fingerprint density at radius 2 is 1.97 bits per heavy atom. The first-order chi connectivity index (χ1) is 18.6. The van der Waals surface area contributed by atoms with Crippen molar-refractivity contribution in [2.24, 2.45) is 5.92 Å². The van der Waals surface area contributed by atoms with Crippen molar-refractivity contribution in [2.75, 3.05) is 24.5 Å². The summed E-state index contributed by atoms with van der Waals surface area (Å²) in [4.78, 5) is 39.8. The van der Waals surface area contributed by atoms with Gasteiger partial charge in [0.25, 0.3) is 11.1 Å². The van der Waals surface area contributed by atoms with E-state index in [1.165, 1.54) is 11.1 Å². The number of aromatic nitrogens is 3. The van der Waals surface area contributed by atoms with Crippen LogP contribution in [-0.2, 0) is 11.3 Å². The third-order valence-corrected chi connectivity index (χ3v) is 8.32. The van der Waals surface area contributed by atoms with E-state index in [9.17, 15) is 9.59 Å². The Kier molecular flexibility index (Phi) is 7.17. The Balaban J connectivity index is 1.06. The number of para-hydroxylation sites is 1. The summed E-state index contributed by atoms with van der Waals surface area (Å²) < 4.78 is 0. The van der Waals surface area contributed by atoms with Gasteiger partial charge in [0.05, 0.1) is 21.8 Å². The maximum absolute atomic E-state index is 11.8. The standard InChI is InChI=1S/C28H26N6O2S2/c35-26-24(38-28(36)33-26)14-22-5-9-30-27(31-22)34-10-6-18(7-11-34)15-29-16-21-13-19-3-1-2-4-23(19)32-25(21)20-8-12-37-17-20/h1-5,8-9,12-14,17-18,29H,6-7,10-11,15-16H2,(H,33,35,36)/b24-14-. The van der Waals surface area contributed by atoms with Gasteiger partial charge in [-0.25, -0.2) is 15.0 Å². The van der Waals surface area contributed by atoms with E-state index in [1.807, 2.05) is 6.07 Å². The van der Waals surface area contributed by atoms with Crippen LogP contribution in [-0.4, -0.2) is 45.7 Å². The van der Waals surface area contributed by atoms with Crippen molar-refractivity contribution in [1.29, 1.82) is 0 Å². The van der Waals surface area contributed by atoms with Gasteiger partial charge < -0.3 is 10.2 Å². The molecule has 2 saturated heterocycles. The lowest BCUT2D eigenvalue weighted by atomic mass is 9.96. The molecule has 0 atom stereocenters. The van der Waals surface area contributed by atoms with E-state index < -0.39 is 0 Å². The molecule has 8 nitrogen and oxygen atoms in total. The molecule has 2 fully saturated rings.